The fourth-order valence-corrected chi connectivity index (χ4v) is 7.22. The van der Waals surface area contributed by atoms with Crippen molar-refractivity contribution in [2.24, 2.45) is 5.73 Å². The quantitative estimate of drug-likeness (QED) is 0.310. The van der Waals surface area contributed by atoms with E-state index in [1.54, 1.807) is 34.9 Å². The van der Waals surface area contributed by atoms with E-state index in [0.717, 1.165) is 29.0 Å². The number of anilines is 1. The van der Waals surface area contributed by atoms with E-state index in [1.165, 1.54) is 21.6 Å². The third-order valence-corrected chi connectivity index (χ3v) is 9.19. The molecule has 0 spiro atoms. The van der Waals surface area contributed by atoms with Crippen molar-refractivity contribution in [2.45, 2.75) is 56.6 Å². The Bertz CT molecular complexity index is 1580. The van der Waals surface area contributed by atoms with Crippen molar-refractivity contribution in [1.29, 1.82) is 5.26 Å². The van der Waals surface area contributed by atoms with Gasteiger partial charge in [-0.3, -0.25) is 9.69 Å². The largest absolute Gasteiger partial charge is 0.384 e. The minimum Gasteiger partial charge on any atom is -0.384 e. The van der Waals surface area contributed by atoms with Gasteiger partial charge >= 0.3 is 0 Å². The first-order valence-corrected chi connectivity index (χ1v) is 14.6. The number of allylic oxidation sites excluding steroid dienone is 3. The molecule has 198 valence electrons. The zero-order chi connectivity index (χ0) is 27.8. The Morgan fingerprint density at radius 1 is 1.00 bits per heavy atom. The van der Waals surface area contributed by atoms with E-state index in [4.69, 9.17) is 28.9 Å². The summed E-state index contributed by atoms with van der Waals surface area (Å²) in [6.07, 6.45) is 1.83. The van der Waals surface area contributed by atoms with E-state index < -0.39 is 5.92 Å². The maximum atomic E-state index is 13.6. The van der Waals surface area contributed by atoms with Crippen molar-refractivity contribution in [2.75, 3.05) is 4.90 Å². The third kappa shape index (κ3) is 5.22. The van der Waals surface area contributed by atoms with Crippen LogP contribution in [0.4, 0.5) is 5.69 Å². The Kier molecular flexibility index (Phi) is 7.82. The molecule has 0 amide bonds. The average Bonchev–Trinajstić information content (AvgIpc) is 2.88. The van der Waals surface area contributed by atoms with Crippen LogP contribution in [0.1, 0.15) is 53.0 Å². The summed E-state index contributed by atoms with van der Waals surface area (Å²) in [7, 11) is 0. The Balaban J connectivity index is 1.65. The van der Waals surface area contributed by atoms with Crippen molar-refractivity contribution in [3.05, 3.63) is 115 Å². The molecule has 7 heteroatoms. The van der Waals surface area contributed by atoms with Crippen LogP contribution in [0.15, 0.2) is 82.2 Å². The number of carbonyl (C=O) groups excluding carboxylic acids is 1. The van der Waals surface area contributed by atoms with Crippen molar-refractivity contribution in [3.63, 3.8) is 0 Å². The minimum absolute atomic E-state index is 0.0513. The fourth-order valence-electron chi connectivity index (χ4n) is 5.62. The lowest BCUT2D eigenvalue weighted by Crippen LogP contribution is -2.39. The maximum Gasteiger partial charge on any atom is 0.161 e. The topological polar surface area (TPSA) is 70.1 Å². The van der Waals surface area contributed by atoms with Crippen LogP contribution >= 0.6 is 35.0 Å². The number of thioether (sulfide) groups is 1. The van der Waals surface area contributed by atoms with Gasteiger partial charge in [-0.1, -0.05) is 53.5 Å². The lowest BCUT2D eigenvalue weighted by molar-refractivity contribution is -0.116. The van der Waals surface area contributed by atoms with E-state index in [2.05, 4.69) is 50.2 Å². The highest BCUT2D eigenvalue weighted by Gasteiger charge is 2.41. The molecule has 1 aliphatic carbocycles. The second kappa shape index (κ2) is 11.1. The molecular weight excluding hydrogens is 545 g/mol. The molecule has 0 fully saturated rings. The normalized spacial score (nSPS) is 17.4. The van der Waals surface area contributed by atoms with Crippen LogP contribution in [-0.4, -0.2) is 5.78 Å². The van der Waals surface area contributed by atoms with Crippen molar-refractivity contribution >= 4 is 46.4 Å². The van der Waals surface area contributed by atoms with E-state index in [1.807, 2.05) is 13.0 Å². The van der Waals surface area contributed by atoms with Crippen molar-refractivity contribution in [3.8, 4) is 6.07 Å². The zero-order valence-corrected chi connectivity index (χ0v) is 24.5. The minimum atomic E-state index is -0.522. The standard InChI is InChI=1S/C32H29Cl2N3OS/c1-18-7-4-5-10-29(18)39-17-21-12-25(20(3)11-19(21)2)30-26(16-35)32(36)37(24-14-22(33)13-23(34)15-24)27-8-6-9-28(38)31(27)30/h4-5,7,10-15,30H,6,8-9,17,36H2,1-3H3. The van der Waals surface area contributed by atoms with Gasteiger partial charge in [0.2, 0.25) is 0 Å². The van der Waals surface area contributed by atoms with Crippen LogP contribution in [0.2, 0.25) is 10.0 Å². The molecule has 3 aromatic rings. The van der Waals surface area contributed by atoms with E-state index in [-0.39, 0.29) is 5.78 Å². The monoisotopic (exact) mass is 573 g/mol. The van der Waals surface area contributed by atoms with Crippen LogP contribution in [0.25, 0.3) is 0 Å². The number of aryl methyl sites for hydroxylation is 3. The van der Waals surface area contributed by atoms with Crippen molar-refractivity contribution < 1.29 is 4.79 Å². The highest BCUT2D eigenvalue weighted by molar-refractivity contribution is 7.98. The number of nitriles is 1. The van der Waals surface area contributed by atoms with Crippen molar-refractivity contribution in [1.82, 2.24) is 0 Å². The predicted molar refractivity (Wildman–Crippen MR) is 161 cm³/mol. The van der Waals surface area contributed by atoms with Gasteiger partial charge in [-0.05, 0) is 85.7 Å². The zero-order valence-electron chi connectivity index (χ0n) is 22.1. The molecule has 0 bridgehead atoms. The van der Waals surface area contributed by atoms with Gasteiger partial charge in [-0.25, -0.2) is 0 Å². The smallest absolute Gasteiger partial charge is 0.161 e. The Labute approximate surface area is 244 Å². The molecule has 0 saturated heterocycles. The molecule has 2 aliphatic rings. The Morgan fingerprint density at radius 2 is 1.72 bits per heavy atom. The first-order valence-electron chi connectivity index (χ1n) is 12.9. The molecule has 4 nitrogen and oxygen atoms in total. The van der Waals surface area contributed by atoms with Gasteiger partial charge in [-0.15, -0.1) is 11.8 Å². The lowest BCUT2D eigenvalue weighted by Gasteiger charge is -2.40. The summed E-state index contributed by atoms with van der Waals surface area (Å²) in [6, 6.07) is 20.2. The summed E-state index contributed by atoms with van der Waals surface area (Å²) in [4.78, 5) is 16.6. The second-order valence-electron chi connectivity index (χ2n) is 10.1. The molecule has 39 heavy (non-hydrogen) atoms. The number of benzene rings is 3. The van der Waals surface area contributed by atoms with Gasteiger partial charge in [0.25, 0.3) is 0 Å². The lowest BCUT2D eigenvalue weighted by atomic mass is 9.74. The summed E-state index contributed by atoms with van der Waals surface area (Å²) in [5, 5.41) is 11.4. The highest BCUT2D eigenvalue weighted by atomic mass is 35.5. The Morgan fingerprint density at radius 3 is 2.41 bits per heavy atom. The molecule has 1 atom stereocenters. The third-order valence-electron chi connectivity index (χ3n) is 7.53. The molecule has 1 heterocycles. The van der Waals surface area contributed by atoms with Crippen LogP contribution < -0.4 is 10.6 Å². The van der Waals surface area contributed by atoms with E-state index in [0.29, 0.717) is 45.5 Å². The number of ketones is 1. The summed E-state index contributed by atoms with van der Waals surface area (Å²) < 4.78 is 0. The molecule has 3 aromatic carbocycles. The van der Waals surface area contributed by atoms with Crippen LogP contribution in [0.5, 0.6) is 0 Å². The second-order valence-corrected chi connectivity index (χ2v) is 12.0. The maximum absolute atomic E-state index is 13.6. The van der Waals surface area contributed by atoms with Gasteiger partial charge < -0.3 is 5.73 Å². The van der Waals surface area contributed by atoms with Gasteiger partial charge in [0, 0.05) is 38.4 Å². The molecule has 2 N–H and O–H groups in total. The predicted octanol–water partition coefficient (Wildman–Crippen LogP) is 8.52. The number of nitrogens with two attached hydrogens (primary N) is 1. The van der Waals surface area contributed by atoms with Crippen LogP contribution in [0, 0.1) is 32.1 Å². The number of hydrogen-bond donors (Lipinski definition) is 1. The first kappa shape index (κ1) is 27.4. The number of hydrogen-bond acceptors (Lipinski definition) is 5. The molecule has 1 aliphatic heterocycles. The molecule has 5 rings (SSSR count). The number of rotatable bonds is 5. The SMILES string of the molecule is Cc1cc(C)c(C2C(C#N)=C(N)N(c3cc(Cl)cc(Cl)c3)C3=C2C(=O)CCC3)cc1CSc1ccccc1C. The number of carbonyl (C=O) groups is 1. The number of Topliss-reactive ketones (excluding diaryl/α,β-unsaturated/α-hetero) is 1. The van der Waals surface area contributed by atoms with E-state index in [9.17, 15) is 10.1 Å². The van der Waals surface area contributed by atoms with Crippen LogP contribution in [0.3, 0.4) is 0 Å². The fraction of sp³-hybridized carbons (Fsp3) is 0.250. The molecule has 1 unspecified atom stereocenters. The summed E-state index contributed by atoms with van der Waals surface area (Å²) >= 11 is 14.5. The summed E-state index contributed by atoms with van der Waals surface area (Å²) in [6.45, 7) is 6.27. The van der Waals surface area contributed by atoms with Gasteiger partial charge in [0.05, 0.1) is 23.2 Å². The first-order chi connectivity index (χ1) is 18.7. The summed E-state index contributed by atoms with van der Waals surface area (Å²) in [5.41, 5.74) is 14.8. The molecular formula is C32H29Cl2N3OS. The molecule has 0 saturated carbocycles. The molecule has 0 radical (unpaired) electrons. The average molecular weight is 575 g/mol. The number of nitrogens with zero attached hydrogens (tertiary/aromatic N) is 2. The van der Waals surface area contributed by atoms with Crippen LogP contribution in [-0.2, 0) is 10.5 Å². The molecule has 0 aromatic heterocycles. The van der Waals surface area contributed by atoms with E-state index >= 15 is 0 Å². The number of halogens is 2. The highest BCUT2D eigenvalue weighted by Crippen LogP contribution is 2.48. The summed E-state index contributed by atoms with van der Waals surface area (Å²) in [5.74, 6) is 0.622. The van der Waals surface area contributed by atoms with Gasteiger partial charge in [0.15, 0.2) is 5.78 Å². The Hall–Kier alpha value is -3.17. The van der Waals surface area contributed by atoms with Gasteiger partial charge in [0.1, 0.15) is 5.82 Å². The van der Waals surface area contributed by atoms with Gasteiger partial charge in [-0.2, -0.15) is 5.26 Å².